The summed E-state index contributed by atoms with van der Waals surface area (Å²) >= 11 is 0. The van der Waals surface area contributed by atoms with Gasteiger partial charge in [0.15, 0.2) is 0 Å². The fourth-order valence-corrected chi connectivity index (χ4v) is 1.76. The van der Waals surface area contributed by atoms with Crippen molar-refractivity contribution in [3.05, 3.63) is 35.8 Å². The summed E-state index contributed by atoms with van der Waals surface area (Å²) in [7, 11) is 2.03. The zero-order chi connectivity index (χ0) is 14.3. The second kappa shape index (κ2) is 7.67. The molecule has 0 aromatic heterocycles. The Labute approximate surface area is 115 Å². The second-order valence-electron chi connectivity index (χ2n) is 4.73. The fourth-order valence-electron chi connectivity index (χ4n) is 1.76. The van der Waals surface area contributed by atoms with Gasteiger partial charge in [-0.15, -0.1) is 0 Å². The number of esters is 1. The second-order valence-corrected chi connectivity index (χ2v) is 4.73. The van der Waals surface area contributed by atoms with Crippen molar-refractivity contribution in [1.82, 2.24) is 4.90 Å². The molecule has 0 N–H and O–H groups in total. The Morgan fingerprint density at radius 1 is 1.47 bits per heavy atom. The molecule has 0 aromatic rings. The van der Waals surface area contributed by atoms with Crippen LogP contribution in [0.5, 0.6) is 0 Å². The third kappa shape index (κ3) is 6.13. The van der Waals surface area contributed by atoms with E-state index in [4.69, 9.17) is 9.47 Å². The maximum atomic E-state index is 10.7. The number of ether oxygens (including phenoxy) is 2. The van der Waals surface area contributed by atoms with Gasteiger partial charge in [-0.1, -0.05) is 25.2 Å². The molecule has 0 aromatic carbocycles. The van der Waals surface area contributed by atoms with E-state index in [1.54, 1.807) is 0 Å². The molecular weight excluding hydrogens is 242 g/mol. The summed E-state index contributed by atoms with van der Waals surface area (Å²) in [6.07, 6.45) is 8.31. The average Bonchev–Trinajstić information content (AvgIpc) is 2.37. The van der Waals surface area contributed by atoms with Gasteiger partial charge in [-0.25, -0.2) is 0 Å². The standard InChI is InChI=1S/C15H23NO3/c1-12-6-5-7-15(11-16(4)13(2)10-12)19-9-8-18-14(3)17/h5-7,10,12H,8-9,11H2,1-4H3/b6-5-,13-10-,15-7+. The maximum Gasteiger partial charge on any atom is 0.302 e. The van der Waals surface area contributed by atoms with Gasteiger partial charge in [0, 0.05) is 19.7 Å². The Hall–Kier alpha value is -1.71. The van der Waals surface area contributed by atoms with Gasteiger partial charge >= 0.3 is 5.97 Å². The monoisotopic (exact) mass is 265 g/mol. The Balaban J connectivity index is 2.56. The predicted molar refractivity (Wildman–Crippen MR) is 75.4 cm³/mol. The molecule has 0 spiro atoms. The Morgan fingerprint density at radius 3 is 2.89 bits per heavy atom. The Bertz CT molecular complexity index is 396. The molecule has 0 saturated heterocycles. The van der Waals surface area contributed by atoms with E-state index >= 15 is 0 Å². The molecule has 4 nitrogen and oxygen atoms in total. The van der Waals surface area contributed by atoms with Crippen molar-refractivity contribution in [2.24, 2.45) is 5.92 Å². The van der Waals surface area contributed by atoms with E-state index in [0.29, 0.717) is 19.1 Å². The maximum absolute atomic E-state index is 10.7. The molecule has 0 amide bonds. The lowest BCUT2D eigenvalue weighted by molar-refractivity contribution is -0.142. The van der Waals surface area contributed by atoms with Crippen LogP contribution in [0.1, 0.15) is 20.8 Å². The van der Waals surface area contributed by atoms with E-state index in [-0.39, 0.29) is 12.6 Å². The zero-order valence-corrected chi connectivity index (χ0v) is 12.2. The third-order valence-corrected chi connectivity index (χ3v) is 2.87. The number of allylic oxidation sites excluding steroid dienone is 5. The molecule has 0 bridgehead atoms. The quantitative estimate of drug-likeness (QED) is 0.578. The van der Waals surface area contributed by atoms with E-state index in [9.17, 15) is 4.79 Å². The van der Waals surface area contributed by atoms with E-state index in [1.165, 1.54) is 12.6 Å². The van der Waals surface area contributed by atoms with E-state index in [1.807, 2.05) is 19.2 Å². The first-order chi connectivity index (χ1) is 8.99. The van der Waals surface area contributed by atoms with E-state index < -0.39 is 0 Å². The summed E-state index contributed by atoms with van der Waals surface area (Å²) in [4.78, 5) is 12.8. The van der Waals surface area contributed by atoms with Crippen LogP contribution in [0.25, 0.3) is 0 Å². The highest BCUT2D eigenvalue weighted by molar-refractivity contribution is 5.65. The van der Waals surface area contributed by atoms with Crippen LogP contribution in [-0.2, 0) is 14.3 Å². The number of carbonyl (C=O) groups excluding carboxylic acids is 1. The van der Waals surface area contributed by atoms with Crippen LogP contribution < -0.4 is 0 Å². The van der Waals surface area contributed by atoms with Crippen LogP contribution >= 0.6 is 0 Å². The molecule has 19 heavy (non-hydrogen) atoms. The summed E-state index contributed by atoms with van der Waals surface area (Å²) in [5.74, 6) is 0.989. The van der Waals surface area contributed by atoms with Crippen LogP contribution in [0.2, 0.25) is 0 Å². The lowest BCUT2D eigenvalue weighted by Gasteiger charge is -2.22. The van der Waals surface area contributed by atoms with Gasteiger partial charge in [-0.2, -0.15) is 0 Å². The van der Waals surface area contributed by atoms with Gasteiger partial charge < -0.3 is 14.4 Å². The first-order valence-electron chi connectivity index (χ1n) is 6.52. The van der Waals surface area contributed by atoms with Crippen molar-refractivity contribution in [2.45, 2.75) is 20.8 Å². The molecule has 1 aliphatic rings. The van der Waals surface area contributed by atoms with Gasteiger partial charge in [-0.3, -0.25) is 4.79 Å². The Morgan fingerprint density at radius 2 is 2.21 bits per heavy atom. The topological polar surface area (TPSA) is 38.8 Å². The van der Waals surface area contributed by atoms with Crippen LogP contribution in [-0.4, -0.2) is 37.7 Å². The smallest absolute Gasteiger partial charge is 0.302 e. The predicted octanol–water partition coefficient (Wildman–Crippen LogP) is 2.49. The Kier molecular flexibility index (Phi) is 6.19. The molecule has 106 valence electrons. The van der Waals surface area contributed by atoms with Crippen molar-refractivity contribution in [3.8, 4) is 0 Å². The van der Waals surface area contributed by atoms with E-state index in [2.05, 4.69) is 30.9 Å². The van der Waals surface area contributed by atoms with E-state index in [0.717, 1.165) is 5.76 Å². The van der Waals surface area contributed by atoms with Crippen molar-refractivity contribution in [2.75, 3.05) is 26.8 Å². The molecule has 1 atom stereocenters. The van der Waals surface area contributed by atoms with Crippen molar-refractivity contribution >= 4 is 5.97 Å². The zero-order valence-electron chi connectivity index (χ0n) is 12.2. The highest BCUT2D eigenvalue weighted by Gasteiger charge is 2.07. The molecular formula is C15H23NO3. The fraction of sp³-hybridized carbons (Fsp3) is 0.533. The van der Waals surface area contributed by atoms with Gasteiger partial charge in [-0.05, 0) is 18.9 Å². The summed E-state index contributed by atoms with van der Waals surface area (Å²) in [5.41, 5.74) is 1.22. The largest absolute Gasteiger partial charge is 0.492 e. The molecule has 1 heterocycles. The molecule has 0 saturated carbocycles. The molecule has 4 heteroatoms. The summed E-state index contributed by atoms with van der Waals surface area (Å²) < 4.78 is 10.5. The highest BCUT2D eigenvalue weighted by Crippen LogP contribution is 2.13. The SMILES string of the molecule is CC(=O)OCCO/C1=C/C=C\C(C)/C=C(/C)N(C)C1. The van der Waals surface area contributed by atoms with Crippen LogP contribution in [0.3, 0.4) is 0 Å². The third-order valence-electron chi connectivity index (χ3n) is 2.87. The number of rotatable bonds is 4. The van der Waals surface area contributed by atoms with Gasteiger partial charge in [0.1, 0.15) is 19.0 Å². The number of hydrogen-bond donors (Lipinski definition) is 0. The number of carbonyl (C=O) groups is 1. The minimum Gasteiger partial charge on any atom is -0.492 e. The minimum absolute atomic E-state index is 0.281. The highest BCUT2D eigenvalue weighted by atomic mass is 16.6. The lowest BCUT2D eigenvalue weighted by atomic mass is 10.1. The van der Waals surface area contributed by atoms with Crippen LogP contribution in [0.4, 0.5) is 0 Å². The molecule has 1 rings (SSSR count). The number of hydrogen-bond acceptors (Lipinski definition) is 4. The first kappa shape index (κ1) is 15.3. The van der Waals surface area contributed by atoms with Crippen molar-refractivity contribution in [1.29, 1.82) is 0 Å². The lowest BCUT2D eigenvalue weighted by Crippen LogP contribution is -2.21. The van der Waals surface area contributed by atoms with Crippen LogP contribution in [0, 0.1) is 5.92 Å². The first-order valence-corrected chi connectivity index (χ1v) is 6.52. The molecule has 1 aliphatic heterocycles. The molecule has 1 unspecified atom stereocenters. The summed E-state index contributed by atoms with van der Waals surface area (Å²) in [6.45, 7) is 7.00. The van der Waals surface area contributed by atoms with Gasteiger partial charge in [0.2, 0.25) is 0 Å². The van der Waals surface area contributed by atoms with Gasteiger partial charge in [0.25, 0.3) is 0 Å². The van der Waals surface area contributed by atoms with Crippen LogP contribution in [0.15, 0.2) is 35.8 Å². The molecule has 0 fully saturated rings. The average molecular weight is 265 g/mol. The van der Waals surface area contributed by atoms with Gasteiger partial charge in [0.05, 0.1) is 6.54 Å². The molecule has 0 aliphatic carbocycles. The minimum atomic E-state index is -0.281. The van der Waals surface area contributed by atoms with Crippen molar-refractivity contribution < 1.29 is 14.3 Å². The summed E-state index contributed by atoms with van der Waals surface area (Å²) in [5, 5.41) is 0. The normalized spacial score (nSPS) is 26.9. The van der Waals surface area contributed by atoms with Crippen molar-refractivity contribution in [3.63, 3.8) is 0 Å². The number of likely N-dealkylation sites (N-methyl/N-ethyl adjacent to an activating group) is 1. The summed E-state index contributed by atoms with van der Waals surface area (Å²) in [6, 6.07) is 0. The number of nitrogens with zero attached hydrogens (tertiary/aromatic N) is 1. The molecule has 0 radical (unpaired) electrons.